The second kappa shape index (κ2) is 7.63. The Balaban J connectivity index is 0.00000161. The molecule has 112 valence electrons. The van der Waals surface area contributed by atoms with E-state index in [-0.39, 0.29) is 17.9 Å². The Bertz CT molecular complexity index is 518. The van der Waals surface area contributed by atoms with Gasteiger partial charge in [-0.05, 0) is 24.0 Å². The highest BCUT2D eigenvalue weighted by Crippen LogP contribution is 2.37. The van der Waals surface area contributed by atoms with E-state index in [1.54, 1.807) is 0 Å². The van der Waals surface area contributed by atoms with Gasteiger partial charge in [-0.15, -0.1) is 12.4 Å². The van der Waals surface area contributed by atoms with Crippen LogP contribution in [-0.2, 0) is 12.1 Å². The zero-order valence-electron chi connectivity index (χ0n) is 12.4. The first-order valence-corrected chi connectivity index (χ1v) is 7.74. The molecule has 2 aromatic rings. The average molecular weight is 302 g/mol. The van der Waals surface area contributed by atoms with Crippen LogP contribution in [0.2, 0.25) is 0 Å². The third-order valence-corrected chi connectivity index (χ3v) is 4.51. The zero-order chi connectivity index (χ0) is 13.7. The molecule has 0 saturated heterocycles. The molecule has 0 unspecified atom stereocenters. The smallest absolute Gasteiger partial charge is 0.0437 e. The van der Waals surface area contributed by atoms with E-state index in [1.807, 2.05) is 0 Å². The lowest BCUT2D eigenvalue weighted by atomic mass is 9.76. The van der Waals surface area contributed by atoms with Crippen LogP contribution in [0.1, 0.15) is 43.2 Å². The minimum Gasteiger partial charge on any atom is -0.303 e. The fraction of sp³-hybridized carbons (Fsp3) is 0.368. The number of hydrogen-bond donors (Lipinski definition) is 1. The van der Waals surface area contributed by atoms with Gasteiger partial charge in [0.05, 0.1) is 0 Å². The molecule has 0 bridgehead atoms. The van der Waals surface area contributed by atoms with Crippen LogP contribution >= 0.6 is 12.4 Å². The maximum absolute atomic E-state index is 3.87. The van der Waals surface area contributed by atoms with Crippen LogP contribution in [-0.4, -0.2) is 0 Å². The molecule has 1 fully saturated rings. The Hall–Kier alpha value is -1.31. The molecule has 1 N–H and O–H groups in total. The van der Waals surface area contributed by atoms with Crippen molar-refractivity contribution in [2.75, 3.05) is 0 Å². The fourth-order valence-electron chi connectivity index (χ4n) is 3.35. The van der Waals surface area contributed by atoms with Crippen LogP contribution in [0.15, 0.2) is 60.7 Å². The van der Waals surface area contributed by atoms with Crippen LogP contribution in [0.25, 0.3) is 0 Å². The largest absolute Gasteiger partial charge is 0.303 e. The average Bonchev–Trinajstić information content (AvgIpc) is 2.56. The summed E-state index contributed by atoms with van der Waals surface area (Å²) < 4.78 is 0. The quantitative estimate of drug-likeness (QED) is 0.832. The summed E-state index contributed by atoms with van der Waals surface area (Å²) in [5, 5.41) is 3.87. The van der Waals surface area contributed by atoms with Gasteiger partial charge in [-0.2, -0.15) is 0 Å². The molecule has 1 nitrogen and oxygen atoms in total. The van der Waals surface area contributed by atoms with Crippen LogP contribution in [0, 0.1) is 0 Å². The fourth-order valence-corrected chi connectivity index (χ4v) is 3.35. The molecule has 1 aliphatic carbocycles. The topological polar surface area (TPSA) is 12.0 Å². The Labute approximate surface area is 134 Å². The highest BCUT2D eigenvalue weighted by molar-refractivity contribution is 5.85. The summed E-state index contributed by atoms with van der Waals surface area (Å²) in [6.07, 6.45) is 6.54. The maximum atomic E-state index is 3.87. The Morgan fingerprint density at radius 1 is 0.762 bits per heavy atom. The third-order valence-electron chi connectivity index (χ3n) is 4.51. The molecule has 0 heterocycles. The Morgan fingerprint density at radius 3 is 1.95 bits per heavy atom. The van der Waals surface area contributed by atoms with Crippen molar-refractivity contribution < 1.29 is 0 Å². The van der Waals surface area contributed by atoms with E-state index in [2.05, 4.69) is 66.0 Å². The number of hydrogen-bond acceptors (Lipinski definition) is 1. The van der Waals surface area contributed by atoms with Crippen LogP contribution in [0.4, 0.5) is 0 Å². The van der Waals surface area contributed by atoms with Gasteiger partial charge >= 0.3 is 0 Å². The van der Waals surface area contributed by atoms with E-state index in [1.165, 1.54) is 43.2 Å². The van der Waals surface area contributed by atoms with Gasteiger partial charge in [-0.25, -0.2) is 0 Å². The standard InChI is InChI=1S/C19H23N.ClH/c1-4-10-17(11-5-1)16-20-19(14-8-3-9-15-19)18-12-6-2-7-13-18;/h1-2,4-7,10-13,20H,3,8-9,14-16H2;1H. The number of benzene rings is 2. The lowest BCUT2D eigenvalue weighted by Crippen LogP contribution is -2.43. The van der Waals surface area contributed by atoms with Gasteiger partial charge in [0.2, 0.25) is 0 Å². The van der Waals surface area contributed by atoms with Crippen molar-refractivity contribution in [3.63, 3.8) is 0 Å². The minimum atomic E-state index is 0. The summed E-state index contributed by atoms with van der Waals surface area (Å²) in [7, 11) is 0. The van der Waals surface area contributed by atoms with Crippen molar-refractivity contribution in [3.05, 3.63) is 71.8 Å². The zero-order valence-corrected chi connectivity index (χ0v) is 13.2. The van der Waals surface area contributed by atoms with E-state index >= 15 is 0 Å². The van der Waals surface area contributed by atoms with Crippen molar-refractivity contribution in [1.82, 2.24) is 5.32 Å². The molecule has 3 rings (SSSR count). The molecule has 0 radical (unpaired) electrons. The van der Waals surface area contributed by atoms with Crippen molar-refractivity contribution in [2.24, 2.45) is 0 Å². The van der Waals surface area contributed by atoms with Gasteiger partial charge in [0.1, 0.15) is 0 Å². The second-order valence-corrected chi connectivity index (χ2v) is 5.85. The monoisotopic (exact) mass is 301 g/mol. The van der Waals surface area contributed by atoms with E-state index in [9.17, 15) is 0 Å². The van der Waals surface area contributed by atoms with Gasteiger partial charge in [0.25, 0.3) is 0 Å². The van der Waals surface area contributed by atoms with E-state index < -0.39 is 0 Å². The lowest BCUT2D eigenvalue weighted by molar-refractivity contribution is 0.231. The summed E-state index contributed by atoms with van der Waals surface area (Å²) in [6, 6.07) is 21.7. The molecule has 1 saturated carbocycles. The van der Waals surface area contributed by atoms with Gasteiger partial charge in [-0.1, -0.05) is 79.9 Å². The van der Waals surface area contributed by atoms with Crippen LogP contribution in [0.5, 0.6) is 0 Å². The minimum absolute atomic E-state index is 0. The molecule has 2 aromatic carbocycles. The van der Waals surface area contributed by atoms with Crippen LogP contribution < -0.4 is 5.32 Å². The second-order valence-electron chi connectivity index (χ2n) is 5.85. The molecule has 0 spiro atoms. The number of halogens is 1. The molecule has 0 atom stereocenters. The van der Waals surface area contributed by atoms with Gasteiger partial charge in [0.15, 0.2) is 0 Å². The molecule has 0 aliphatic heterocycles. The SMILES string of the molecule is Cl.c1ccc(CNC2(c3ccccc3)CCCCC2)cc1. The summed E-state index contributed by atoms with van der Waals surface area (Å²) in [6.45, 7) is 0.954. The highest BCUT2D eigenvalue weighted by atomic mass is 35.5. The lowest BCUT2D eigenvalue weighted by Gasteiger charge is -2.39. The van der Waals surface area contributed by atoms with E-state index in [0.29, 0.717) is 0 Å². The van der Waals surface area contributed by atoms with Crippen molar-refractivity contribution in [1.29, 1.82) is 0 Å². The van der Waals surface area contributed by atoms with Crippen molar-refractivity contribution in [2.45, 2.75) is 44.2 Å². The van der Waals surface area contributed by atoms with Crippen molar-refractivity contribution in [3.8, 4) is 0 Å². The van der Waals surface area contributed by atoms with Crippen LogP contribution in [0.3, 0.4) is 0 Å². The predicted molar refractivity (Wildman–Crippen MR) is 91.7 cm³/mol. The van der Waals surface area contributed by atoms with Crippen molar-refractivity contribution >= 4 is 12.4 Å². The first-order valence-electron chi connectivity index (χ1n) is 7.74. The maximum Gasteiger partial charge on any atom is 0.0437 e. The van der Waals surface area contributed by atoms with Gasteiger partial charge in [-0.3, -0.25) is 0 Å². The van der Waals surface area contributed by atoms with Gasteiger partial charge < -0.3 is 5.32 Å². The number of rotatable bonds is 4. The van der Waals surface area contributed by atoms with E-state index in [4.69, 9.17) is 0 Å². The highest BCUT2D eigenvalue weighted by Gasteiger charge is 2.32. The molecular weight excluding hydrogens is 278 g/mol. The summed E-state index contributed by atoms with van der Waals surface area (Å²) in [5.41, 5.74) is 3.00. The summed E-state index contributed by atoms with van der Waals surface area (Å²) >= 11 is 0. The first-order chi connectivity index (χ1) is 9.89. The predicted octanol–water partition coefficient (Wildman–Crippen LogP) is 5.06. The normalized spacial score (nSPS) is 17.0. The molecule has 2 heteroatoms. The van der Waals surface area contributed by atoms with Gasteiger partial charge in [0, 0.05) is 12.1 Å². The third kappa shape index (κ3) is 3.87. The molecule has 21 heavy (non-hydrogen) atoms. The molecular formula is C19H24ClN. The molecule has 0 aromatic heterocycles. The van der Waals surface area contributed by atoms with E-state index in [0.717, 1.165) is 6.54 Å². The number of nitrogens with one attached hydrogen (secondary N) is 1. The first kappa shape index (κ1) is 16.1. The summed E-state index contributed by atoms with van der Waals surface area (Å²) in [4.78, 5) is 0. The Morgan fingerprint density at radius 2 is 1.33 bits per heavy atom. The molecule has 1 aliphatic rings. The Kier molecular flexibility index (Phi) is 5.84. The molecule has 0 amide bonds. The summed E-state index contributed by atoms with van der Waals surface area (Å²) in [5.74, 6) is 0.